The van der Waals surface area contributed by atoms with Crippen LogP contribution in [0.15, 0.2) is 65.6 Å². The van der Waals surface area contributed by atoms with Gasteiger partial charge in [0.25, 0.3) is 10.0 Å². The van der Waals surface area contributed by atoms with Gasteiger partial charge in [-0.3, -0.25) is 13.9 Å². The van der Waals surface area contributed by atoms with Crippen LogP contribution in [0, 0.1) is 0 Å². The van der Waals surface area contributed by atoms with Crippen LogP contribution in [-0.4, -0.2) is 47.2 Å². The third kappa shape index (κ3) is 6.10. The van der Waals surface area contributed by atoms with Crippen LogP contribution in [0.25, 0.3) is 10.8 Å². The van der Waals surface area contributed by atoms with Gasteiger partial charge < -0.3 is 14.2 Å². The van der Waals surface area contributed by atoms with Gasteiger partial charge in [-0.15, -0.1) is 0 Å². The van der Waals surface area contributed by atoms with Crippen molar-refractivity contribution >= 4 is 38.4 Å². The van der Waals surface area contributed by atoms with Gasteiger partial charge in [0.15, 0.2) is 0 Å². The van der Waals surface area contributed by atoms with Crippen LogP contribution in [0.2, 0.25) is 0 Å². The molecule has 0 saturated carbocycles. The van der Waals surface area contributed by atoms with Crippen molar-refractivity contribution in [2.45, 2.75) is 31.6 Å². The first-order valence-corrected chi connectivity index (χ1v) is 12.7. The molecule has 0 aliphatic carbocycles. The van der Waals surface area contributed by atoms with E-state index in [1.54, 1.807) is 50.2 Å². The smallest absolute Gasteiger partial charge is 0.326 e. The zero-order chi connectivity index (χ0) is 25.4. The largest absolute Gasteiger partial charge is 0.497 e. The number of ether oxygens (including phenoxy) is 3. The minimum absolute atomic E-state index is 0.0121. The first-order valence-electron chi connectivity index (χ1n) is 11.3. The maximum Gasteiger partial charge on any atom is 0.326 e. The Labute approximate surface area is 205 Å². The molecule has 0 spiro atoms. The summed E-state index contributed by atoms with van der Waals surface area (Å²) in [5.41, 5.74) is 1.21. The van der Waals surface area contributed by atoms with Crippen molar-refractivity contribution in [1.29, 1.82) is 0 Å². The topological polar surface area (TPSA) is 99.2 Å². The number of hydrogen-bond donors (Lipinski definition) is 0. The fraction of sp³-hybridized carbons (Fsp3) is 0.308. The molecule has 186 valence electrons. The summed E-state index contributed by atoms with van der Waals surface area (Å²) in [6.07, 6.45) is 0.636. The quantitative estimate of drug-likeness (QED) is 0.366. The highest BCUT2D eigenvalue weighted by Gasteiger charge is 2.29. The van der Waals surface area contributed by atoms with Crippen LogP contribution < -0.4 is 9.04 Å². The highest BCUT2D eigenvalue weighted by Crippen LogP contribution is 2.34. The SMILES string of the molecule is CCOC(=O)CCc1ccc(N(CC(=O)OCC)S(=O)(=O)c2ccc(OC)cc2)c2ccccc12. The number of sulfonamides is 1. The fourth-order valence-electron chi connectivity index (χ4n) is 3.75. The standard InChI is InChI=1S/C26H29NO7S/c1-4-33-25(28)17-11-19-10-16-24(23-9-7-6-8-22(19)23)27(18-26(29)34-5-2)35(30,31)21-14-12-20(32-3)13-15-21/h6-10,12-16H,4-5,11,17-18H2,1-3H3. The van der Waals surface area contributed by atoms with Crippen molar-refractivity contribution < 1.29 is 32.2 Å². The van der Waals surface area contributed by atoms with Crippen molar-refractivity contribution in [3.8, 4) is 5.75 Å². The van der Waals surface area contributed by atoms with Gasteiger partial charge in [0.1, 0.15) is 12.3 Å². The van der Waals surface area contributed by atoms with E-state index in [-0.39, 0.29) is 23.9 Å². The Morgan fingerprint density at radius 2 is 1.46 bits per heavy atom. The van der Waals surface area contributed by atoms with Crippen LogP contribution >= 0.6 is 0 Å². The van der Waals surface area contributed by atoms with Gasteiger partial charge in [-0.05, 0) is 61.5 Å². The number of benzene rings is 3. The molecule has 0 fully saturated rings. The van der Waals surface area contributed by atoms with E-state index in [2.05, 4.69) is 0 Å². The summed E-state index contributed by atoms with van der Waals surface area (Å²) < 4.78 is 43.7. The maximum absolute atomic E-state index is 13.7. The molecule has 0 amide bonds. The second kappa shape index (κ2) is 11.7. The summed E-state index contributed by atoms with van der Waals surface area (Å²) in [6, 6.07) is 16.7. The number of carbonyl (C=O) groups is 2. The maximum atomic E-state index is 13.7. The Morgan fingerprint density at radius 3 is 2.09 bits per heavy atom. The second-order valence-corrected chi connectivity index (χ2v) is 9.45. The van der Waals surface area contributed by atoms with Gasteiger partial charge in [-0.25, -0.2) is 8.42 Å². The molecule has 8 nitrogen and oxygen atoms in total. The molecule has 0 aliphatic heterocycles. The number of anilines is 1. The normalized spacial score (nSPS) is 11.2. The van der Waals surface area contributed by atoms with Crippen LogP contribution in [0.4, 0.5) is 5.69 Å². The Bertz CT molecular complexity index is 1290. The lowest BCUT2D eigenvalue weighted by atomic mass is 9.99. The molecule has 0 bridgehead atoms. The average molecular weight is 500 g/mol. The summed E-state index contributed by atoms with van der Waals surface area (Å²) in [6.45, 7) is 3.36. The van der Waals surface area contributed by atoms with Crippen LogP contribution in [-0.2, 0) is 35.5 Å². The Hall–Kier alpha value is -3.59. The van der Waals surface area contributed by atoms with Gasteiger partial charge in [0, 0.05) is 11.8 Å². The first kappa shape index (κ1) is 26.0. The van der Waals surface area contributed by atoms with Gasteiger partial charge in [-0.2, -0.15) is 0 Å². The van der Waals surface area contributed by atoms with Crippen molar-refractivity contribution in [3.63, 3.8) is 0 Å². The van der Waals surface area contributed by atoms with Crippen molar-refractivity contribution in [2.75, 3.05) is 31.2 Å². The number of hydrogen-bond acceptors (Lipinski definition) is 7. The number of esters is 2. The molecule has 0 unspecified atom stereocenters. The summed E-state index contributed by atoms with van der Waals surface area (Å²) in [4.78, 5) is 24.3. The van der Waals surface area contributed by atoms with E-state index in [1.165, 1.54) is 19.2 Å². The predicted molar refractivity (Wildman–Crippen MR) is 133 cm³/mol. The van der Waals surface area contributed by atoms with E-state index in [0.717, 1.165) is 15.3 Å². The molecular formula is C26H29NO7S. The average Bonchev–Trinajstić information content (AvgIpc) is 2.86. The Kier molecular flexibility index (Phi) is 8.70. The molecule has 0 atom stereocenters. The molecule has 0 saturated heterocycles. The third-order valence-corrected chi connectivity index (χ3v) is 7.16. The van der Waals surface area contributed by atoms with E-state index in [1.807, 2.05) is 12.1 Å². The molecule has 3 aromatic rings. The van der Waals surface area contributed by atoms with E-state index in [9.17, 15) is 18.0 Å². The molecular weight excluding hydrogens is 470 g/mol. The fourth-order valence-corrected chi connectivity index (χ4v) is 5.18. The monoisotopic (exact) mass is 499 g/mol. The molecule has 0 aromatic heterocycles. The van der Waals surface area contributed by atoms with Crippen molar-refractivity contribution in [1.82, 2.24) is 0 Å². The highest BCUT2D eigenvalue weighted by molar-refractivity contribution is 7.92. The minimum Gasteiger partial charge on any atom is -0.497 e. The number of carbonyl (C=O) groups excluding carboxylic acids is 2. The summed E-state index contributed by atoms with van der Waals surface area (Å²) in [5.74, 6) is -0.455. The lowest BCUT2D eigenvalue weighted by Crippen LogP contribution is -2.36. The summed E-state index contributed by atoms with van der Waals surface area (Å²) >= 11 is 0. The minimum atomic E-state index is -4.13. The number of fused-ring (bicyclic) bond motifs is 1. The summed E-state index contributed by atoms with van der Waals surface area (Å²) in [7, 11) is -2.63. The number of aryl methyl sites for hydroxylation is 1. The highest BCUT2D eigenvalue weighted by atomic mass is 32.2. The van der Waals surface area contributed by atoms with Crippen LogP contribution in [0.1, 0.15) is 25.8 Å². The first-order chi connectivity index (χ1) is 16.8. The van der Waals surface area contributed by atoms with Crippen molar-refractivity contribution in [2.24, 2.45) is 0 Å². The van der Waals surface area contributed by atoms with Crippen molar-refractivity contribution in [3.05, 3.63) is 66.2 Å². The molecule has 0 aliphatic rings. The lowest BCUT2D eigenvalue weighted by molar-refractivity contribution is -0.143. The van der Waals surface area contributed by atoms with E-state index < -0.39 is 22.5 Å². The number of rotatable bonds is 11. The van der Waals surface area contributed by atoms with Gasteiger partial charge in [-0.1, -0.05) is 30.3 Å². The van der Waals surface area contributed by atoms with Crippen LogP contribution in [0.3, 0.4) is 0 Å². The molecule has 3 rings (SSSR count). The predicted octanol–water partition coefficient (Wildman–Crippen LogP) is 4.10. The Morgan fingerprint density at radius 1 is 0.829 bits per heavy atom. The lowest BCUT2D eigenvalue weighted by Gasteiger charge is -2.25. The number of methoxy groups -OCH3 is 1. The summed E-state index contributed by atoms with van der Waals surface area (Å²) in [5, 5.41) is 1.42. The molecule has 3 aromatic carbocycles. The molecule has 35 heavy (non-hydrogen) atoms. The van der Waals surface area contributed by atoms with E-state index in [4.69, 9.17) is 14.2 Å². The van der Waals surface area contributed by atoms with E-state index in [0.29, 0.717) is 29.9 Å². The second-order valence-electron chi connectivity index (χ2n) is 7.59. The number of nitrogens with zero attached hydrogens (tertiary/aromatic N) is 1. The molecule has 0 N–H and O–H groups in total. The zero-order valence-electron chi connectivity index (χ0n) is 20.0. The van der Waals surface area contributed by atoms with Gasteiger partial charge in [0.2, 0.25) is 0 Å². The molecule has 0 heterocycles. The Balaban J connectivity index is 2.10. The molecule has 0 radical (unpaired) electrons. The third-order valence-electron chi connectivity index (χ3n) is 5.39. The van der Waals surface area contributed by atoms with Crippen LogP contribution in [0.5, 0.6) is 5.75 Å². The zero-order valence-corrected chi connectivity index (χ0v) is 20.8. The van der Waals surface area contributed by atoms with Gasteiger partial charge >= 0.3 is 11.9 Å². The van der Waals surface area contributed by atoms with E-state index >= 15 is 0 Å². The van der Waals surface area contributed by atoms with Gasteiger partial charge in [0.05, 0.1) is 30.9 Å². The molecule has 9 heteroatoms.